The van der Waals surface area contributed by atoms with Gasteiger partial charge in [0.05, 0.1) is 13.2 Å². The van der Waals surface area contributed by atoms with Gasteiger partial charge in [0.25, 0.3) is 0 Å². The molecule has 2 saturated heterocycles. The van der Waals surface area contributed by atoms with Crippen LogP contribution in [0.5, 0.6) is 0 Å². The van der Waals surface area contributed by atoms with Crippen LogP contribution in [0, 0.1) is 17.8 Å². The molecule has 0 aromatic carbocycles. The molecule has 1 amide bonds. The van der Waals surface area contributed by atoms with E-state index in [1.54, 1.807) is 11.3 Å². The average Bonchev–Trinajstić information content (AvgIpc) is 3.17. The molecule has 2 fully saturated rings. The predicted octanol–water partition coefficient (Wildman–Crippen LogP) is 2.18. The van der Waals surface area contributed by atoms with E-state index in [1.807, 2.05) is 6.08 Å². The van der Waals surface area contributed by atoms with Crippen molar-refractivity contribution < 1.29 is 9.53 Å². The van der Waals surface area contributed by atoms with E-state index in [2.05, 4.69) is 34.3 Å². The lowest BCUT2D eigenvalue weighted by Crippen LogP contribution is -2.38. The molecular formula is C18H26N2O2S. The minimum Gasteiger partial charge on any atom is -0.381 e. The first-order valence-electron chi connectivity index (χ1n) is 8.46. The summed E-state index contributed by atoms with van der Waals surface area (Å²) < 4.78 is 5.76. The number of carbonyl (C=O) groups excluding carboxylic acids is 1. The summed E-state index contributed by atoms with van der Waals surface area (Å²) in [6.07, 6.45) is 3.47. The SMILES string of the molecule is C=CCN1C[C@@H]2COC[C@@H](CC(=O)NCCc3cccs3)[C@@H]2C1. The molecule has 1 aromatic heterocycles. The number of likely N-dealkylation sites (tertiary alicyclic amines) is 1. The summed E-state index contributed by atoms with van der Waals surface area (Å²) in [6.45, 7) is 9.21. The molecule has 3 atom stereocenters. The molecule has 1 N–H and O–H groups in total. The number of rotatable bonds is 7. The third-order valence-electron chi connectivity index (χ3n) is 4.95. The van der Waals surface area contributed by atoms with E-state index in [1.165, 1.54) is 4.88 Å². The summed E-state index contributed by atoms with van der Waals surface area (Å²) in [4.78, 5) is 16.0. The van der Waals surface area contributed by atoms with Crippen molar-refractivity contribution in [2.24, 2.45) is 17.8 Å². The van der Waals surface area contributed by atoms with Crippen LogP contribution in [0.15, 0.2) is 30.2 Å². The number of hydrogen-bond acceptors (Lipinski definition) is 4. The predicted molar refractivity (Wildman–Crippen MR) is 93.6 cm³/mol. The maximum Gasteiger partial charge on any atom is 0.220 e. The van der Waals surface area contributed by atoms with Gasteiger partial charge in [0.15, 0.2) is 0 Å². The fourth-order valence-corrected chi connectivity index (χ4v) is 4.53. The second-order valence-corrected chi connectivity index (χ2v) is 7.64. The molecule has 0 bridgehead atoms. The Balaban J connectivity index is 1.44. The van der Waals surface area contributed by atoms with Crippen molar-refractivity contribution in [3.8, 4) is 0 Å². The molecule has 2 aliphatic rings. The maximum atomic E-state index is 12.2. The Kier molecular flexibility index (Phi) is 5.86. The fraction of sp³-hybridized carbons (Fsp3) is 0.611. The van der Waals surface area contributed by atoms with Crippen LogP contribution in [0.4, 0.5) is 0 Å². The first-order valence-corrected chi connectivity index (χ1v) is 9.34. The Morgan fingerprint density at radius 3 is 3.17 bits per heavy atom. The average molecular weight is 334 g/mol. The quantitative estimate of drug-likeness (QED) is 0.777. The highest BCUT2D eigenvalue weighted by molar-refractivity contribution is 7.09. The van der Waals surface area contributed by atoms with Crippen LogP contribution in [0.3, 0.4) is 0 Å². The zero-order valence-corrected chi connectivity index (χ0v) is 14.4. The smallest absolute Gasteiger partial charge is 0.220 e. The number of amides is 1. The van der Waals surface area contributed by atoms with E-state index in [0.29, 0.717) is 24.2 Å². The molecule has 4 nitrogen and oxygen atoms in total. The Labute approximate surface area is 142 Å². The monoisotopic (exact) mass is 334 g/mol. The van der Waals surface area contributed by atoms with E-state index < -0.39 is 0 Å². The summed E-state index contributed by atoms with van der Waals surface area (Å²) in [5.74, 6) is 1.68. The molecule has 3 heterocycles. The molecule has 0 unspecified atom stereocenters. The van der Waals surface area contributed by atoms with Crippen LogP contribution in [0.2, 0.25) is 0 Å². The Hall–Kier alpha value is -1.17. The van der Waals surface area contributed by atoms with Gasteiger partial charge in [-0.25, -0.2) is 0 Å². The van der Waals surface area contributed by atoms with Crippen molar-refractivity contribution in [2.75, 3.05) is 39.4 Å². The lowest BCUT2D eigenvalue weighted by atomic mass is 9.81. The maximum absolute atomic E-state index is 12.2. The van der Waals surface area contributed by atoms with Gasteiger partial charge in [-0.2, -0.15) is 0 Å². The highest BCUT2D eigenvalue weighted by Gasteiger charge is 2.41. The van der Waals surface area contributed by atoms with Crippen molar-refractivity contribution >= 4 is 17.2 Å². The van der Waals surface area contributed by atoms with E-state index in [9.17, 15) is 4.79 Å². The van der Waals surface area contributed by atoms with Gasteiger partial charge in [0.1, 0.15) is 0 Å². The molecule has 0 aliphatic carbocycles. The lowest BCUT2D eigenvalue weighted by Gasteiger charge is -2.32. The van der Waals surface area contributed by atoms with Gasteiger partial charge in [-0.05, 0) is 35.6 Å². The van der Waals surface area contributed by atoms with Crippen molar-refractivity contribution in [1.82, 2.24) is 10.2 Å². The zero-order chi connectivity index (χ0) is 16.1. The van der Waals surface area contributed by atoms with Crippen molar-refractivity contribution in [2.45, 2.75) is 12.8 Å². The molecule has 1 aromatic rings. The van der Waals surface area contributed by atoms with Crippen LogP contribution < -0.4 is 5.32 Å². The standard InChI is InChI=1S/C18H26N2O2S/c1-2-7-20-10-15-13-22-12-14(17(15)11-20)9-18(21)19-6-5-16-4-3-8-23-16/h2-4,8,14-15,17H,1,5-7,9-13H2,(H,19,21)/t14-,15-,17+/m1/s1. The third-order valence-corrected chi connectivity index (χ3v) is 5.88. The van der Waals surface area contributed by atoms with Crippen molar-refractivity contribution in [3.05, 3.63) is 35.0 Å². The first kappa shape index (κ1) is 16.7. The minimum atomic E-state index is 0.165. The van der Waals surface area contributed by atoms with Crippen LogP contribution in [0.1, 0.15) is 11.3 Å². The van der Waals surface area contributed by atoms with E-state index in [4.69, 9.17) is 4.74 Å². The minimum absolute atomic E-state index is 0.165. The highest BCUT2D eigenvalue weighted by atomic mass is 32.1. The molecule has 23 heavy (non-hydrogen) atoms. The summed E-state index contributed by atoms with van der Waals surface area (Å²) in [6, 6.07) is 4.17. The second kappa shape index (κ2) is 8.08. The molecule has 0 spiro atoms. The number of ether oxygens (including phenoxy) is 1. The largest absolute Gasteiger partial charge is 0.381 e. The van der Waals surface area contributed by atoms with Gasteiger partial charge >= 0.3 is 0 Å². The number of fused-ring (bicyclic) bond motifs is 1. The molecule has 5 heteroatoms. The normalized spacial score (nSPS) is 27.6. The van der Waals surface area contributed by atoms with Crippen LogP contribution in [0.25, 0.3) is 0 Å². The van der Waals surface area contributed by atoms with Crippen LogP contribution in [-0.4, -0.2) is 50.2 Å². The van der Waals surface area contributed by atoms with E-state index >= 15 is 0 Å². The molecule has 3 rings (SSSR count). The van der Waals surface area contributed by atoms with Crippen molar-refractivity contribution in [1.29, 1.82) is 0 Å². The summed E-state index contributed by atoms with van der Waals surface area (Å²) >= 11 is 1.74. The first-order chi connectivity index (χ1) is 11.3. The van der Waals surface area contributed by atoms with Gasteiger partial charge in [-0.3, -0.25) is 9.69 Å². The Morgan fingerprint density at radius 1 is 1.48 bits per heavy atom. The Morgan fingerprint density at radius 2 is 2.39 bits per heavy atom. The summed E-state index contributed by atoms with van der Waals surface area (Å²) in [5, 5.41) is 5.14. The van der Waals surface area contributed by atoms with Gasteiger partial charge in [0, 0.05) is 37.5 Å². The highest BCUT2D eigenvalue weighted by Crippen LogP contribution is 2.35. The van der Waals surface area contributed by atoms with Crippen LogP contribution in [-0.2, 0) is 16.0 Å². The fourth-order valence-electron chi connectivity index (χ4n) is 3.83. The number of carbonyl (C=O) groups is 1. The van der Waals surface area contributed by atoms with Gasteiger partial charge < -0.3 is 10.1 Å². The van der Waals surface area contributed by atoms with Gasteiger partial charge in [-0.15, -0.1) is 17.9 Å². The van der Waals surface area contributed by atoms with Gasteiger partial charge in [-0.1, -0.05) is 12.1 Å². The number of thiophene rings is 1. The number of nitrogens with one attached hydrogen (secondary N) is 1. The second-order valence-electron chi connectivity index (χ2n) is 6.61. The third kappa shape index (κ3) is 4.43. The molecular weight excluding hydrogens is 308 g/mol. The van der Waals surface area contributed by atoms with Gasteiger partial charge in [0.2, 0.25) is 5.91 Å². The molecule has 126 valence electrons. The summed E-state index contributed by atoms with van der Waals surface area (Å²) in [7, 11) is 0. The summed E-state index contributed by atoms with van der Waals surface area (Å²) in [5.41, 5.74) is 0. The van der Waals surface area contributed by atoms with E-state index in [-0.39, 0.29) is 5.91 Å². The molecule has 0 radical (unpaired) electrons. The van der Waals surface area contributed by atoms with Crippen LogP contribution >= 0.6 is 11.3 Å². The lowest BCUT2D eigenvalue weighted by molar-refractivity contribution is -0.124. The molecule has 0 saturated carbocycles. The zero-order valence-electron chi connectivity index (χ0n) is 13.6. The number of nitrogens with zero attached hydrogens (tertiary/aromatic N) is 1. The molecule has 2 aliphatic heterocycles. The Bertz CT molecular complexity index is 517. The van der Waals surface area contributed by atoms with Crippen molar-refractivity contribution in [3.63, 3.8) is 0 Å². The topological polar surface area (TPSA) is 41.6 Å². The van der Waals surface area contributed by atoms with E-state index in [0.717, 1.165) is 45.8 Å². The number of hydrogen-bond donors (Lipinski definition) is 1.